The summed E-state index contributed by atoms with van der Waals surface area (Å²) in [6, 6.07) is 18.0. The number of phenolic OH excluding ortho intramolecular Hbond substituents is 1. The van der Waals surface area contributed by atoms with Gasteiger partial charge in [0.25, 0.3) is 5.56 Å². The van der Waals surface area contributed by atoms with Crippen LogP contribution in [0.3, 0.4) is 0 Å². The maximum atomic E-state index is 13.7. The fraction of sp³-hybridized carbons (Fsp3) is 0.0741. The number of aromatic amines is 1. The Balaban J connectivity index is 1.70. The monoisotopic (exact) mass is 517 g/mol. The van der Waals surface area contributed by atoms with Gasteiger partial charge in [-0.3, -0.25) is 9.36 Å². The normalized spacial score (nSPS) is 11.1. The zero-order chi connectivity index (χ0) is 26.4. The summed E-state index contributed by atoms with van der Waals surface area (Å²) in [5.41, 5.74) is 1.18. The van der Waals surface area contributed by atoms with E-state index in [0.717, 1.165) is 4.57 Å². The zero-order valence-electron chi connectivity index (χ0n) is 19.7. The Labute approximate surface area is 214 Å². The number of carbonyl (C=O) groups is 1. The molecular formula is C27H20ClN3O6. The summed E-state index contributed by atoms with van der Waals surface area (Å²) in [6.45, 7) is 1.54. The van der Waals surface area contributed by atoms with Gasteiger partial charge >= 0.3 is 11.7 Å². The summed E-state index contributed by atoms with van der Waals surface area (Å²) in [4.78, 5) is 40.8. The first-order chi connectivity index (χ1) is 17.7. The van der Waals surface area contributed by atoms with Gasteiger partial charge in [0.05, 0.1) is 23.9 Å². The summed E-state index contributed by atoms with van der Waals surface area (Å²) in [5.74, 6) is -0.826. The molecule has 3 N–H and O–H groups in total. The highest BCUT2D eigenvalue weighted by molar-refractivity contribution is 6.31. The van der Waals surface area contributed by atoms with Crippen LogP contribution in [0.4, 0.5) is 0 Å². The van der Waals surface area contributed by atoms with E-state index in [1.807, 2.05) is 0 Å². The van der Waals surface area contributed by atoms with Crippen molar-refractivity contribution in [3.05, 3.63) is 104 Å². The van der Waals surface area contributed by atoms with Gasteiger partial charge < -0.3 is 19.9 Å². The van der Waals surface area contributed by atoms with Crippen molar-refractivity contribution in [2.75, 3.05) is 7.11 Å². The van der Waals surface area contributed by atoms with Crippen molar-refractivity contribution in [1.82, 2.24) is 14.1 Å². The van der Waals surface area contributed by atoms with Crippen molar-refractivity contribution < 1.29 is 19.7 Å². The SMILES string of the molecule is COc1cccc(-c2ccc(-n3c(Cl)cc4[nH]c(=O)n(-c5cccc(C(=O)O)c5C)c(=O)c43)cc2)c1O. The Morgan fingerprint density at radius 2 is 1.70 bits per heavy atom. The molecule has 0 saturated heterocycles. The Bertz CT molecular complexity index is 1820. The molecule has 0 aliphatic rings. The summed E-state index contributed by atoms with van der Waals surface area (Å²) in [6.07, 6.45) is 0. The fourth-order valence-electron chi connectivity index (χ4n) is 4.43. The van der Waals surface area contributed by atoms with E-state index in [4.69, 9.17) is 16.3 Å². The summed E-state index contributed by atoms with van der Waals surface area (Å²) in [7, 11) is 1.47. The quantitative estimate of drug-likeness (QED) is 0.315. The molecule has 0 saturated carbocycles. The van der Waals surface area contributed by atoms with Gasteiger partial charge in [-0.15, -0.1) is 0 Å². The average molecular weight is 518 g/mol. The van der Waals surface area contributed by atoms with Crippen LogP contribution in [0, 0.1) is 6.92 Å². The van der Waals surface area contributed by atoms with Gasteiger partial charge in [0, 0.05) is 11.3 Å². The lowest BCUT2D eigenvalue weighted by molar-refractivity contribution is 0.0696. The molecule has 0 aliphatic carbocycles. The predicted octanol–water partition coefficient (Wildman–Crippen LogP) is 4.51. The highest BCUT2D eigenvalue weighted by atomic mass is 35.5. The lowest BCUT2D eigenvalue weighted by Gasteiger charge is -2.13. The number of halogens is 1. The number of fused-ring (bicyclic) bond motifs is 1. The molecule has 0 amide bonds. The first kappa shape index (κ1) is 24.0. The number of aromatic carboxylic acids is 1. The molecule has 5 aromatic rings. The second kappa shape index (κ2) is 9.03. The van der Waals surface area contributed by atoms with Crippen molar-refractivity contribution in [3.63, 3.8) is 0 Å². The molecule has 37 heavy (non-hydrogen) atoms. The Kier molecular flexibility index (Phi) is 5.85. The number of ether oxygens (including phenoxy) is 1. The molecule has 186 valence electrons. The van der Waals surface area contributed by atoms with Gasteiger partial charge in [-0.05, 0) is 54.4 Å². The first-order valence-electron chi connectivity index (χ1n) is 11.1. The van der Waals surface area contributed by atoms with E-state index in [9.17, 15) is 24.6 Å². The lowest BCUT2D eigenvalue weighted by atomic mass is 10.0. The van der Waals surface area contributed by atoms with Gasteiger partial charge in [0.2, 0.25) is 0 Å². The fourth-order valence-corrected chi connectivity index (χ4v) is 4.72. The van der Waals surface area contributed by atoms with Crippen LogP contribution in [-0.2, 0) is 0 Å². The van der Waals surface area contributed by atoms with Gasteiger partial charge in [0.1, 0.15) is 10.7 Å². The molecule has 10 heteroatoms. The molecule has 5 rings (SSSR count). The highest BCUT2D eigenvalue weighted by Gasteiger charge is 2.20. The predicted molar refractivity (Wildman–Crippen MR) is 140 cm³/mol. The molecule has 0 unspecified atom stereocenters. The van der Waals surface area contributed by atoms with Crippen molar-refractivity contribution in [1.29, 1.82) is 0 Å². The lowest BCUT2D eigenvalue weighted by Crippen LogP contribution is -2.35. The van der Waals surface area contributed by atoms with Crippen molar-refractivity contribution in [3.8, 4) is 34.0 Å². The number of aromatic nitrogens is 3. The number of hydrogen-bond acceptors (Lipinski definition) is 5. The minimum Gasteiger partial charge on any atom is -0.504 e. The molecule has 3 aromatic carbocycles. The Morgan fingerprint density at radius 1 is 1.00 bits per heavy atom. The number of phenols is 1. The molecule has 0 aliphatic heterocycles. The molecule has 0 spiro atoms. The van der Waals surface area contributed by atoms with Crippen LogP contribution in [0.2, 0.25) is 5.15 Å². The van der Waals surface area contributed by atoms with Gasteiger partial charge in [-0.25, -0.2) is 14.2 Å². The van der Waals surface area contributed by atoms with E-state index >= 15 is 0 Å². The van der Waals surface area contributed by atoms with Gasteiger partial charge in [-0.2, -0.15) is 0 Å². The van der Waals surface area contributed by atoms with Gasteiger partial charge in [0.15, 0.2) is 11.5 Å². The van der Waals surface area contributed by atoms with Crippen LogP contribution in [0.25, 0.3) is 33.5 Å². The van der Waals surface area contributed by atoms with Crippen molar-refractivity contribution >= 4 is 28.6 Å². The Hall–Kier alpha value is -4.76. The molecule has 2 aromatic heterocycles. The van der Waals surface area contributed by atoms with E-state index < -0.39 is 17.2 Å². The Morgan fingerprint density at radius 3 is 2.38 bits per heavy atom. The molecule has 0 radical (unpaired) electrons. The van der Waals surface area contributed by atoms with Crippen molar-refractivity contribution in [2.24, 2.45) is 0 Å². The first-order valence-corrected chi connectivity index (χ1v) is 11.5. The maximum absolute atomic E-state index is 13.7. The third-order valence-corrected chi connectivity index (χ3v) is 6.52. The van der Waals surface area contributed by atoms with E-state index in [-0.39, 0.29) is 38.8 Å². The van der Waals surface area contributed by atoms with Crippen LogP contribution in [-0.4, -0.2) is 37.4 Å². The standard InChI is InChI=1S/C27H20ClN3O6/c1-14-17(26(34)35)5-3-7-20(14)31-25(33)23-19(29-27(31)36)13-22(28)30(23)16-11-9-15(10-12-16)18-6-4-8-21(37-2)24(18)32/h3-13,32H,1-2H3,(H,29,36)(H,34,35). The minimum atomic E-state index is -1.17. The third kappa shape index (κ3) is 3.85. The largest absolute Gasteiger partial charge is 0.504 e. The number of H-pyrrole nitrogens is 1. The summed E-state index contributed by atoms with van der Waals surface area (Å²) < 4.78 is 7.58. The molecule has 0 fully saturated rings. The maximum Gasteiger partial charge on any atom is 0.336 e. The number of carboxylic acid groups (broad SMARTS) is 1. The van der Waals surface area contributed by atoms with Crippen molar-refractivity contribution in [2.45, 2.75) is 6.92 Å². The summed E-state index contributed by atoms with van der Waals surface area (Å²) in [5, 5.41) is 20.2. The van der Waals surface area contributed by atoms with Crippen LogP contribution >= 0.6 is 11.6 Å². The number of methoxy groups -OCH3 is 1. The number of benzene rings is 3. The van der Waals surface area contributed by atoms with Gasteiger partial charge in [-0.1, -0.05) is 41.9 Å². The van der Waals surface area contributed by atoms with Crippen LogP contribution in [0.1, 0.15) is 15.9 Å². The van der Waals surface area contributed by atoms with E-state index in [1.54, 1.807) is 42.5 Å². The number of para-hydroxylation sites is 1. The zero-order valence-corrected chi connectivity index (χ0v) is 20.4. The third-order valence-electron chi connectivity index (χ3n) is 6.24. The topological polar surface area (TPSA) is 127 Å². The second-order valence-electron chi connectivity index (χ2n) is 8.29. The smallest absolute Gasteiger partial charge is 0.336 e. The van der Waals surface area contributed by atoms with E-state index in [0.29, 0.717) is 22.6 Å². The number of hydrogen-bond donors (Lipinski definition) is 3. The number of carboxylic acids is 1. The van der Waals surface area contributed by atoms with E-state index in [2.05, 4.69) is 4.98 Å². The number of aromatic hydroxyl groups is 1. The van der Waals surface area contributed by atoms with Crippen LogP contribution in [0.5, 0.6) is 11.5 Å². The molecule has 2 heterocycles. The minimum absolute atomic E-state index is 0.00150. The van der Waals surface area contributed by atoms with Crippen LogP contribution in [0.15, 0.2) is 76.3 Å². The molecule has 9 nitrogen and oxygen atoms in total. The number of nitrogens with zero attached hydrogens (tertiary/aromatic N) is 2. The van der Waals surface area contributed by atoms with E-state index in [1.165, 1.54) is 42.9 Å². The second-order valence-corrected chi connectivity index (χ2v) is 8.68. The number of nitrogens with one attached hydrogen (secondary N) is 1. The molecule has 0 bridgehead atoms. The summed E-state index contributed by atoms with van der Waals surface area (Å²) >= 11 is 6.50. The van der Waals surface area contributed by atoms with Crippen LogP contribution < -0.4 is 16.0 Å². The molecule has 0 atom stereocenters. The average Bonchev–Trinajstić information content (AvgIpc) is 3.20. The highest BCUT2D eigenvalue weighted by Crippen LogP contribution is 2.37. The number of rotatable bonds is 5. The molecular weight excluding hydrogens is 498 g/mol.